The number of nitrogens with zero attached hydrogens (tertiary/aromatic N) is 2. The van der Waals surface area contributed by atoms with Crippen LogP contribution in [0.4, 0.5) is 0 Å². The maximum atomic E-state index is 8.07. The monoisotopic (exact) mass is 128 g/mol. The maximum Gasteiger partial charge on any atom is 0.121 e. The van der Waals surface area contributed by atoms with Crippen LogP contribution in [-0.4, -0.2) is 5.38 Å². The van der Waals surface area contributed by atoms with Gasteiger partial charge in [-0.1, -0.05) is 0 Å². The van der Waals surface area contributed by atoms with Gasteiger partial charge in [0, 0.05) is 6.42 Å². The maximum absolute atomic E-state index is 8.07. The van der Waals surface area contributed by atoms with Crippen molar-refractivity contribution in [3.8, 4) is 12.1 Å². The predicted molar refractivity (Wildman–Crippen MR) is 30.1 cm³/mol. The number of nitriles is 2. The summed E-state index contributed by atoms with van der Waals surface area (Å²) in [6.45, 7) is 0. The van der Waals surface area contributed by atoms with Crippen molar-refractivity contribution in [2.75, 3.05) is 0 Å². The van der Waals surface area contributed by atoms with Crippen LogP contribution in [-0.2, 0) is 0 Å². The average Bonchev–Trinajstić information content (AvgIpc) is 1.83. The van der Waals surface area contributed by atoms with Crippen LogP contribution in [0, 0.1) is 22.7 Å². The zero-order valence-corrected chi connectivity index (χ0v) is 5.02. The summed E-state index contributed by atoms with van der Waals surface area (Å²) in [5.41, 5.74) is 0. The molecule has 0 fully saturated rings. The summed E-state index contributed by atoms with van der Waals surface area (Å²) in [7, 11) is 0. The molecule has 0 saturated heterocycles. The van der Waals surface area contributed by atoms with Crippen LogP contribution in [0.15, 0.2) is 0 Å². The van der Waals surface area contributed by atoms with Gasteiger partial charge in [0.1, 0.15) is 5.38 Å². The molecule has 0 aromatic rings. The number of hydrogen-bond acceptors (Lipinski definition) is 2. The van der Waals surface area contributed by atoms with E-state index in [1.54, 1.807) is 0 Å². The van der Waals surface area contributed by atoms with Gasteiger partial charge in [-0.3, -0.25) is 0 Å². The van der Waals surface area contributed by atoms with Crippen molar-refractivity contribution in [3.05, 3.63) is 0 Å². The Hall–Kier alpha value is -0.730. The van der Waals surface area contributed by atoms with Gasteiger partial charge in [0.2, 0.25) is 0 Å². The number of alkyl halides is 1. The molecule has 2 nitrogen and oxygen atoms in total. The Kier molecular flexibility index (Phi) is 4.03. The second kappa shape index (κ2) is 4.43. The summed E-state index contributed by atoms with van der Waals surface area (Å²) < 4.78 is 0. The van der Waals surface area contributed by atoms with Crippen LogP contribution in [0.3, 0.4) is 0 Å². The number of hydrogen-bond donors (Lipinski definition) is 0. The lowest BCUT2D eigenvalue weighted by Crippen LogP contribution is -1.90. The van der Waals surface area contributed by atoms with Crippen LogP contribution in [0.25, 0.3) is 0 Å². The van der Waals surface area contributed by atoms with E-state index in [1.807, 2.05) is 12.1 Å². The summed E-state index contributed by atoms with van der Waals surface area (Å²) in [4.78, 5) is 0. The van der Waals surface area contributed by atoms with Gasteiger partial charge in [-0.15, -0.1) is 11.6 Å². The first-order valence-electron chi connectivity index (χ1n) is 2.22. The third kappa shape index (κ3) is 3.46. The zero-order chi connectivity index (χ0) is 6.41. The highest BCUT2D eigenvalue weighted by molar-refractivity contribution is 6.22. The summed E-state index contributed by atoms with van der Waals surface area (Å²) in [6.07, 6.45) is 0.830. The summed E-state index contributed by atoms with van der Waals surface area (Å²) in [5, 5.41) is 15.6. The minimum absolute atomic E-state index is 0.363. The van der Waals surface area contributed by atoms with Gasteiger partial charge in [0.05, 0.1) is 12.1 Å². The number of rotatable bonds is 2. The van der Waals surface area contributed by atoms with Crippen LogP contribution >= 0.6 is 11.6 Å². The molecular weight excluding hydrogens is 124 g/mol. The Bertz CT molecular complexity index is 130. The number of halogens is 1. The molecule has 0 heterocycles. The van der Waals surface area contributed by atoms with Crippen LogP contribution in [0.2, 0.25) is 0 Å². The van der Waals surface area contributed by atoms with Crippen molar-refractivity contribution in [3.63, 3.8) is 0 Å². The summed E-state index contributed by atoms with van der Waals surface area (Å²) >= 11 is 5.33. The SMILES string of the molecule is N#CCCC(Cl)C#N. The lowest BCUT2D eigenvalue weighted by atomic mass is 10.3. The molecule has 0 N–H and O–H groups in total. The van der Waals surface area contributed by atoms with Crippen LogP contribution in [0.1, 0.15) is 12.8 Å². The lowest BCUT2D eigenvalue weighted by molar-refractivity contribution is 0.892. The second-order valence-electron chi connectivity index (χ2n) is 1.29. The van der Waals surface area contributed by atoms with Gasteiger partial charge in [-0.05, 0) is 6.42 Å². The van der Waals surface area contributed by atoms with Crippen molar-refractivity contribution >= 4 is 11.6 Å². The second-order valence-corrected chi connectivity index (χ2v) is 1.82. The molecule has 0 aliphatic heterocycles. The smallest absolute Gasteiger partial charge is 0.121 e. The van der Waals surface area contributed by atoms with Gasteiger partial charge in [0.15, 0.2) is 0 Å². The van der Waals surface area contributed by atoms with Gasteiger partial charge < -0.3 is 0 Å². The fourth-order valence-electron chi connectivity index (χ4n) is 0.256. The highest BCUT2D eigenvalue weighted by Crippen LogP contribution is 2.01. The molecule has 0 aromatic heterocycles. The highest BCUT2D eigenvalue weighted by atomic mass is 35.5. The van der Waals surface area contributed by atoms with E-state index >= 15 is 0 Å². The molecule has 1 unspecified atom stereocenters. The van der Waals surface area contributed by atoms with E-state index in [-0.39, 0.29) is 0 Å². The topological polar surface area (TPSA) is 47.6 Å². The van der Waals surface area contributed by atoms with Gasteiger partial charge in [0.25, 0.3) is 0 Å². The molecule has 42 valence electrons. The first-order chi connectivity index (χ1) is 3.81. The average molecular weight is 129 g/mol. The van der Waals surface area contributed by atoms with E-state index in [4.69, 9.17) is 22.1 Å². The normalized spacial score (nSPS) is 11.4. The minimum atomic E-state index is -0.491. The molecule has 8 heavy (non-hydrogen) atoms. The van der Waals surface area contributed by atoms with E-state index in [1.165, 1.54) is 0 Å². The van der Waals surface area contributed by atoms with E-state index in [9.17, 15) is 0 Å². The zero-order valence-electron chi connectivity index (χ0n) is 4.26. The third-order valence-corrected chi connectivity index (χ3v) is 0.965. The van der Waals surface area contributed by atoms with Gasteiger partial charge >= 0.3 is 0 Å². The standard InChI is InChI=1S/C5H5ClN2/c6-5(4-8)2-1-3-7/h5H,1-2H2. The van der Waals surface area contributed by atoms with Crippen molar-refractivity contribution < 1.29 is 0 Å². The molecule has 0 amide bonds. The van der Waals surface area contributed by atoms with Gasteiger partial charge in [-0.2, -0.15) is 10.5 Å². The Labute approximate surface area is 53.3 Å². The van der Waals surface area contributed by atoms with Crippen LogP contribution in [0.5, 0.6) is 0 Å². The fourth-order valence-corrected chi connectivity index (χ4v) is 0.365. The Morgan fingerprint density at radius 1 is 1.50 bits per heavy atom. The Morgan fingerprint density at radius 3 is 2.50 bits per heavy atom. The molecule has 0 aromatic carbocycles. The van der Waals surface area contributed by atoms with E-state index in [0.717, 1.165) is 0 Å². The highest BCUT2D eigenvalue weighted by Gasteiger charge is 1.98. The third-order valence-electron chi connectivity index (χ3n) is 0.650. The molecule has 0 bridgehead atoms. The first-order valence-corrected chi connectivity index (χ1v) is 2.65. The molecule has 1 atom stereocenters. The van der Waals surface area contributed by atoms with Crippen molar-refractivity contribution in [1.82, 2.24) is 0 Å². The molecular formula is C5H5ClN2. The molecule has 0 aliphatic carbocycles. The minimum Gasteiger partial charge on any atom is -0.198 e. The molecule has 0 radical (unpaired) electrons. The van der Waals surface area contributed by atoms with Crippen molar-refractivity contribution in [1.29, 1.82) is 10.5 Å². The quantitative estimate of drug-likeness (QED) is 0.528. The molecule has 0 rings (SSSR count). The predicted octanol–water partition coefficient (Wildman–Crippen LogP) is 1.42. The summed E-state index contributed by atoms with van der Waals surface area (Å²) in [6, 6.07) is 3.71. The van der Waals surface area contributed by atoms with E-state index in [0.29, 0.717) is 12.8 Å². The van der Waals surface area contributed by atoms with Gasteiger partial charge in [-0.25, -0.2) is 0 Å². The Morgan fingerprint density at radius 2 is 2.12 bits per heavy atom. The molecule has 0 aliphatic rings. The first kappa shape index (κ1) is 7.27. The largest absolute Gasteiger partial charge is 0.198 e. The van der Waals surface area contributed by atoms with Crippen LogP contribution < -0.4 is 0 Å². The Balaban J connectivity index is 3.18. The lowest BCUT2D eigenvalue weighted by Gasteiger charge is -1.88. The summed E-state index contributed by atoms with van der Waals surface area (Å²) in [5.74, 6) is 0. The van der Waals surface area contributed by atoms with Crippen molar-refractivity contribution in [2.45, 2.75) is 18.2 Å². The molecule has 0 saturated carbocycles. The van der Waals surface area contributed by atoms with E-state index < -0.39 is 5.38 Å². The molecule has 0 spiro atoms. The van der Waals surface area contributed by atoms with E-state index in [2.05, 4.69) is 0 Å². The molecule has 3 heteroatoms. The van der Waals surface area contributed by atoms with Crippen molar-refractivity contribution in [2.24, 2.45) is 0 Å². The fraction of sp³-hybridized carbons (Fsp3) is 0.600.